The van der Waals surface area contributed by atoms with Crippen molar-refractivity contribution < 1.29 is 4.79 Å². The number of carbonyl (C=O) groups excluding carboxylic acids is 1. The molecule has 0 bridgehead atoms. The Balaban J connectivity index is 2.16. The number of ketones is 1. The van der Waals surface area contributed by atoms with Crippen molar-refractivity contribution in [3.05, 3.63) is 65.2 Å². The van der Waals surface area contributed by atoms with E-state index < -0.39 is 0 Å². The molecule has 0 atom stereocenters. The molecule has 0 saturated heterocycles. The van der Waals surface area contributed by atoms with Gasteiger partial charge in [-0.25, -0.2) is 4.99 Å². The Morgan fingerprint density at radius 1 is 0.941 bits per heavy atom. The molecule has 3 rings (SSSR count). The maximum Gasteiger partial charge on any atom is 0.214 e. The number of carbonyl (C=O) groups is 1. The first kappa shape index (κ1) is 9.97. The molecule has 0 N–H and O–H groups in total. The third-order valence-corrected chi connectivity index (χ3v) is 2.97. The standard InChI is InChI=1S/C15H11NO/c1-10-6-5-9-12-13(10)16-14(15(12)17)11-7-3-2-4-8-11/h2-9H,1H3. The van der Waals surface area contributed by atoms with Gasteiger partial charge in [-0.2, -0.15) is 0 Å². The SMILES string of the molecule is Cc1cccc2c1N=C(c1ccccc1)C2=O. The van der Waals surface area contributed by atoms with Crippen LogP contribution >= 0.6 is 0 Å². The highest BCUT2D eigenvalue weighted by Gasteiger charge is 2.26. The molecule has 2 aromatic carbocycles. The minimum absolute atomic E-state index is 0.0231. The molecule has 2 heteroatoms. The molecular weight excluding hydrogens is 210 g/mol. The van der Waals surface area contributed by atoms with Crippen molar-refractivity contribution >= 4 is 17.2 Å². The number of aryl methyl sites for hydroxylation is 1. The summed E-state index contributed by atoms with van der Waals surface area (Å²) in [7, 11) is 0. The van der Waals surface area contributed by atoms with Crippen molar-refractivity contribution in [1.29, 1.82) is 0 Å². The molecule has 0 fully saturated rings. The van der Waals surface area contributed by atoms with Gasteiger partial charge in [0.1, 0.15) is 5.71 Å². The quantitative estimate of drug-likeness (QED) is 0.726. The van der Waals surface area contributed by atoms with Crippen LogP contribution in [0.1, 0.15) is 21.5 Å². The summed E-state index contributed by atoms with van der Waals surface area (Å²) in [5, 5.41) is 0. The number of nitrogens with zero attached hydrogens (tertiary/aromatic N) is 1. The van der Waals surface area contributed by atoms with Crippen molar-refractivity contribution in [1.82, 2.24) is 0 Å². The maximum absolute atomic E-state index is 12.2. The number of rotatable bonds is 1. The normalized spacial score (nSPS) is 13.5. The topological polar surface area (TPSA) is 29.4 Å². The predicted octanol–water partition coefficient (Wildman–Crippen LogP) is 3.31. The van der Waals surface area contributed by atoms with E-state index in [1.54, 1.807) is 0 Å². The van der Waals surface area contributed by atoms with Crippen LogP contribution in [0.3, 0.4) is 0 Å². The predicted molar refractivity (Wildman–Crippen MR) is 68.1 cm³/mol. The zero-order valence-corrected chi connectivity index (χ0v) is 9.47. The summed E-state index contributed by atoms with van der Waals surface area (Å²) in [6.07, 6.45) is 0. The Bertz CT molecular complexity index is 627. The lowest BCUT2D eigenvalue weighted by Gasteiger charge is -1.98. The van der Waals surface area contributed by atoms with Gasteiger partial charge in [0.15, 0.2) is 0 Å². The molecule has 17 heavy (non-hydrogen) atoms. The summed E-state index contributed by atoms with van der Waals surface area (Å²) in [4.78, 5) is 16.7. The second kappa shape index (κ2) is 3.67. The molecule has 1 aliphatic heterocycles. The number of aliphatic imine (C=N–C) groups is 1. The van der Waals surface area contributed by atoms with Gasteiger partial charge in [0.05, 0.1) is 11.3 Å². The summed E-state index contributed by atoms with van der Waals surface area (Å²) in [6, 6.07) is 15.3. The van der Waals surface area contributed by atoms with Gasteiger partial charge in [0, 0.05) is 5.56 Å². The Labute approximate surface area is 99.6 Å². The van der Waals surface area contributed by atoms with Crippen LogP contribution in [0.4, 0.5) is 5.69 Å². The van der Waals surface area contributed by atoms with Crippen LogP contribution in [-0.4, -0.2) is 11.5 Å². The highest BCUT2D eigenvalue weighted by Crippen LogP contribution is 2.31. The van der Waals surface area contributed by atoms with Gasteiger partial charge in [-0.3, -0.25) is 4.79 Å². The average molecular weight is 221 g/mol. The Morgan fingerprint density at radius 3 is 2.41 bits per heavy atom. The molecule has 82 valence electrons. The van der Waals surface area contributed by atoms with Crippen molar-refractivity contribution in [3.63, 3.8) is 0 Å². The Kier molecular flexibility index (Phi) is 2.15. The van der Waals surface area contributed by atoms with Crippen molar-refractivity contribution in [3.8, 4) is 0 Å². The molecule has 0 amide bonds. The van der Waals surface area contributed by atoms with Gasteiger partial charge >= 0.3 is 0 Å². The molecular formula is C15H11NO. The van der Waals surface area contributed by atoms with E-state index in [0.717, 1.165) is 16.8 Å². The second-order valence-corrected chi connectivity index (χ2v) is 4.13. The lowest BCUT2D eigenvalue weighted by molar-refractivity contribution is 0.107. The van der Waals surface area contributed by atoms with Crippen LogP contribution in [0.5, 0.6) is 0 Å². The van der Waals surface area contributed by atoms with E-state index in [2.05, 4.69) is 4.99 Å². The molecule has 0 aromatic heterocycles. The van der Waals surface area contributed by atoms with Crippen molar-refractivity contribution in [2.45, 2.75) is 6.92 Å². The van der Waals surface area contributed by atoms with E-state index in [0.29, 0.717) is 11.3 Å². The van der Waals surface area contributed by atoms with Gasteiger partial charge in [-0.1, -0.05) is 42.5 Å². The molecule has 0 aliphatic carbocycles. The first-order valence-corrected chi connectivity index (χ1v) is 5.56. The molecule has 0 spiro atoms. The van der Waals surface area contributed by atoms with E-state index in [-0.39, 0.29) is 5.78 Å². The fourth-order valence-electron chi connectivity index (χ4n) is 2.07. The average Bonchev–Trinajstić information content (AvgIpc) is 2.70. The lowest BCUT2D eigenvalue weighted by atomic mass is 10.0. The van der Waals surface area contributed by atoms with Crippen LogP contribution in [0.2, 0.25) is 0 Å². The summed E-state index contributed by atoms with van der Waals surface area (Å²) >= 11 is 0. The van der Waals surface area contributed by atoms with Crippen molar-refractivity contribution in [2.24, 2.45) is 4.99 Å². The van der Waals surface area contributed by atoms with Crippen LogP contribution in [-0.2, 0) is 0 Å². The Hall–Kier alpha value is -2.22. The van der Waals surface area contributed by atoms with Gasteiger partial charge in [-0.15, -0.1) is 0 Å². The minimum Gasteiger partial charge on any atom is -0.287 e. The smallest absolute Gasteiger partial charge is 0.214 e. The largest absolute Gasteiger partial charge is 0.287 e. The number of hydrogen-bond acceptors (Lipinski definition) is 2. The monoisotopic (exact) mass is 221 g/mol. The van der Waals surface area contributed by atoms with E-state index >= 15 is 0 Å². The molecule has 1 heterocycles. The molecule has 0 unspecified atom stereocenters. The van der Waals surface area contributed by atoms with Crippen LogP contribution < -0.4 is 0 Å². The van der Waals surface area contributed by atoms with Gasteiger partial charge in [-0.05, 0) is 18.6 Å². The highest BCUT2D eigenvalue weighted by atomic mass is 16.1. The molecule has 1 aliphatic rings. The fraction of sp³-hybridized carbons (Fsp3) is 0.0667. The third-order valence-electron chi connectivity index (χ3n) is 2.97. The first-order chi connectivity index (χ1) is 8.27. The highest BCUT2D eigenvalue weighted by molar-refractivity contribution is 6.55. The molecule has 2 nitrogen and oxygen atoms in total. The van der Waals surface area contributed by atoms with Crippen LogP contribution in [0, 0.1) is 6.92 Å². The van der Waals surface area contributed by atoms with Crippen LogP contribution in [0.25, 0.3) is 0 Å². The van der Waals surface area contributed by atoms with Crippen molar-refractivity contribution in [2.75, 3.05) is 0 Å². The zero-order chi connectivity index (χ0) is 11.8. The molecule has 0 radical (unpaired) electrons. The summed E-state index contributed by atoms with van der Waals surface area (Å²) in [6.45, 7) is 1.98. The summed E-state index contributed by atoms with van der Waals surface area (Å²) in [5.74, 6) is 0.0231. The van der Waals surface area contributed by atoms with E-state index in [1.807, 2.05) is 55.5 Å². The van der Waals surface area contributed by atoms with Crippen LogP contribution in [0.15, 0.2) is 53.5 Å². The number of Topliss-reactive ketones (excluding diaryl/α,β-unsaturated/α-hetero) is 1. The lowest BCUT2D eigenvalue weighted by Crippen LogP contribution is -2.10. The zero-order valence-electron chi connectivity index (χ0n) is 9.47. The van der Waals surface area contributed by atoms with Gasteiger partial charge < -0.3 is 0 Å². The fourth-order valence-corrected chi connectivity index (χ4v) is 2.07. The maximum atomic E-state index is 12.2. The van der Waals surface area contributed by atoms with Gasteiger partial charge in [0.2, 0.25) is 5.78 Å². The van der Waals surface area contributed by atoms with E-state index in [4.69, 9.17) is 0 Å². The Morgan fingerprint density at radius 2 is 1.71 bits per heavy atom. The molecule has 2 aromatic rings. The molecule has 0 saturated carbocycles. The number of hydrogen-bond donors (Lipinski definition) is 0. The minimum atomic E-state index is 0.0231. The van der Waals surface area contributed by atoms with E-state index in [9.17, 15) is 4.79 Å². The summed E-state index contributed by atoms with van der Waals surface area (Å²) < 4.78 is 0. The number of fused-ring (bicyclic) bond motifs is 1. The summed E-state index contributed by atoms with van der Waals surface area (Å²) in [5.41, 5.74) is 4.00. The second-order valence-electron chi connectivity index (χ2n) is 4.13. The first-order valence-electron chi connectivity index (χ1n) is 5.56. The third kappa shape index (κ3) is 1.49. The van der Waals surface area contributed by atoms with E-state index in [1.165, 1.54) is 0 Å². The number of benzene rings is 2. The van der Waals surface area contributed by atoms with Gasteiger partial charge in [0.25, 0.3) is 0 Å². The number of para-hydroxylation sites is 1.